The van der Waals surface area contributed by atoms with Crippen LogP contribution < -0.4 is 10.2 Å². The second-order valence-corrected chi connectivity index (χ2v) is 8.69. The number of piperazine rings is 1. The number of carboxylic acid groups (broad SMARTS) is 1. The van der Waals surface area contributed by atoms with Crippen molar-refractivity contribution < 1.29 is 19.8 Å². The Labute approximate surface area is 191 Å². The lowest BCUT2D eigenvalue weighted by Crippen LogP contribution is -2.51. The second kappa shape index (κ2) is 9.30. The lowest BCUT2D eigenvalue weighted by molar-refractivity contribution is -0.133. The third-order valence-corrected chi connectivity index (χ3v) is 6.45. The average molecular weight is 460 g/mol. The summed E-state index contributed by atoms with van der Waals surface area (Å²) in [5, 5.41) is 22.2. The van der Waals surface area contributed by atoms with E-state index >= 15 is 0 Å². The molecule has 2 amide bonds. The molecule has 1 unspecified atom stereocenters. The highest BCUT2D eigenvalue weighted by Crippen LogP contribution is 2.42. The van der Waals surface area contributed by atoms with Crippen molar-refractivity contribution in [1.82, 2.24) is 20.2 Å². The van der Waals surface area contributed by atoms with Gasteiger partial charge in [-0.15, -0.1) is 0 Å². The number of hydrogen-bond acceptors (Lipinski definition) is 6. The van der Waals surface area contributed by atoms with E-state index in [1.807, 2.05) is 0 Å². The minimum absolute atomic E-state index is 0.00909. The molecule has 3 N–H and O–H groups in total. The highest BCUT2D eigenvalue weighted by molar-refractivity contribution is 6.30. The Morgan fingerprint density at radius 1 is 1.19 bits per heavy atom. The molecule has 1 fully saturated rings. The first kappa shape index (κ1) is 22.3. The summed E-state index contributed by atoms with van der Waals surface area (Å²) in [4.78, 5) is 37.0. The molecule has 0 bridgehead atoms. The zero-order valence-electron chi connectivity index (χ0n) is 17.7. The van der Waals surface area contributed by atoms with Crippen LogP contribution in [0.1, 0.15) is 48.1 Å². The number of benzene rings is 1. The van der Waals surface area contributed by atoms with Crippen molar-refractivity contribution in [1.29, 1.82) is 0 Å². The maximum atomic E-state index is 13.3. The van der Waals surface area contributed by atoms with Crippen molar-refractivity contribution in [2.45, 2.75) is 31.3 Å². The van der Waals surface area contributed by atoms with Crippen LogP contribution in [0.3, 0.4) is 0 Å². The summed E-state index contributed by atoms with van der Waals surface area (Å²) < 4.78 is 0. The Bertz CT molecular complexity index is 994. The third kappa shape index (κ3) is 4.49. The number of aromatic nitrogens is 2. The molecule has 4 rings (SSSR count). The monoisotopic (exact) mass is 459 g/mol. The van der Waals surface area contributed by atoms with E-state index in [9.17, 15) is 14.7 Å². The molecule has 1 saturated heterocycles. The number of fused-ring (bicyclic) bond motifs is 1. The minimum atomic E-state index is -1.17. The molecular formula is C22H26ClN5O4. The Morgan fingerprint density at radius 3 is 2.53 bits per heavy atom. The van der Waals surface area contributed by atoms with Crippen molar-refractivity contribution in [3.63, 3.8) is 0 Å². The standard InChI is InChI=1S/C22H26ClN5O4/c1-13-10-17(29)19-18(13)20(26-12-25-19)27-6-8-28(9-7-27)21(30)16(11-24-22(31)32)14-2-4-15(23)5-3-14/h2-5,12-13,16-17,24,29H,6-11H2,1H3,(H,31,32)/t13-,16?,17-/m1/s1. The summed E-state index contributed by atoms with van der Waals surface area (Å²) in [5.41, 5.74) is 2.40. The first-order valence-corrected chi connectivity index (χ1v) is 11.0. The van der Waals surface area contributed by atoms with Gasteiger partial charge in [-0.2, -0.15) is 0 Å². The van der Waals surface area contributed by atoms with Crippen LogP contribution in [0.15, 0.2) is 30.6 Å². The minimum Gasteiger partial charge on any atom is -0.465 e. The lowest BCUT2D eigenvalue weighted by atomic mass is 9.97. The third-order valence-electron chi connectivity index (χ3n) is 6.20. The summed E-state index contributed by atoms with van der Waals surface area (Å²) >= 11 is 5.97. The number of carbonyl (C=O) groups excluding carboxylic acids is 1. The van der Waals surface area contributed by atoms with Crippen LogP contribution in [0.4, 0.5) is 10.6 Å². The molecule has 2 aromatic rings. The number of aliphatic hydroxyl groups is 1. The maximum absolute atomic E-state index is 13.3. The van der Waals surface area contributed by atoms with Crippen molar-refractivity contribution in [3.8, 4) is 0 Å². The van der Waals surface area contributed by atoms with Crippen molar-refractivity contribution in [2.75, 3.05) is 37.6 Å². The van der Waals surface area contributed by atoms with Gasteiger partial charge in [-0.1, -0.05) is 30.7 Å². The van der Waals surface area contributed by atoms with Gasteiger partial charge in [-0.25, -0.2) is 14.8 Å². The fourth-order valence-corrected chi connectivity index (χ4v) is 4.67. The number of anilines is 1. The summed E-state index contributed by atoms with van der Waals surface area (Å²) in [7, 11) is 0. The lowest BCUT2D eigenvalue weighted by Gasteiger charge is -2.38. The van der Waals surface area contributed by atoms with Gasteiger partial charge in [0, 0.05) is 43.3 Å². The number of amides is 2. The molecule has 1 aliphatic carbocycles. The largest absolute Gasteiger partial charge is 0.465 e. The van der Waals surface area contributed by atoms with Gasteiger partial charge >= 0.3 is 6.09 Å². The van der Waals surface area contributed by atoms with Crippen LogP contribution in [-0.2, 0) is 4.79 Å². The van der Waals surface area contributed by atoms with E-state index in [4.69, 9.17) is 16.7 Å². The predicted octanol–water partition coefficient (Wildman–Crippen LogP) is 2.37. The SMILES string of the molecule is C[C@@H]1C[C@@H](O)c2ncnc(N3CCN(C(=O)C(CNC(=O)O)c4ccc(Cl)cc4)CC3)c21. The average Bonchev–Trinajstić information content (AvgIpc) is 3.08. The molecule has 1 aliphatic heterocycles. The van der Waals surface area contributed by atoms with E-state index in [2.05, 4.69) is 27.1 Å². The molecule has 3 atom stereocenters. The van der Waals surface area contributed by atoms with E-state index < -0.39 is 18.1 Å². The highest BCUT2D eigenvalue weighted by atomic mass is 35.5. The van der Waals surface area contributed by atoms with E-state index in [0.29, 0.717) is 48.9 Å². The zero-order chi connectivity index (χ0) is 22.8. The zero-order valence-corrected chi connectivity index (χ0v) is 18.5. The van der Waals surface area contributed by atoms with Crippen LogP contribution in [0.2, 0.25) is 5.02 Å². The molecule has 0 saturated carbocycles. The van der Waals surface area contributed by atoms with Crippen molar-refractivity contribution in [2.24, 2.45) is 0 Å². The van der Waals surface area contributed by atoms with Gasteiger partial charge in [-0.3, -0.25) is 4.79 Å². The van der Waals surface area contributed by atoms with E-state index in [-0.39, 0.29) is 18.4 Å². The molecule has 1 aromatic heterocycles. The number of hydrogen-bond donors (Lipinski definition) is 3. The number of aliphatic hydroxyl groups excluding tert-OH is 1. The first-order valence-electron chi connectivity index (χ1n) is 10.6. The molecule has 0 spiro atoms. The van der Waals surface area contributed by atoms with E-state index in [1.165, 1.54) is 6.33 Å². The van der Waals surface area contributed by atoms with Crippen LogP contribution in [0.5, 0.6) is 0 Å². The highest BCUT2D eigenvalue weighted by Gasteiger charge is 2.35. The first-order chi connectivity index (χ1) is 15.3. The summed E-state index contributed by atoms with van der Waals surface area (Å²) in [5.74, 6) is 0.242. The molecule has 32 heavy (non-hydrogen) atoms. The Kier molecular flexibility index (Phi) is 6.48. The summed E-state index contributed by atoms with van der Waals surface area (Å²) in [6.45, 7) is 4.23. The summed E-state index contributed by atoms with van der Waals surface area (Å²) in [6.07, 6.45) is 0.391. The molecule has 1 aromatic carbocycles. The molecular weight excluding hydrogens is 434 g/mol. The number of halogens is 1. The Morgan fingerprint density at radius 2 is 1.88 bits per heavy atom. The van der Waals surface area contributed by atoms with Gasteiger partial charge < -0.3 is 25.3 Å². The van der Waals surface area contributed by atoms with Gasteiger partial charge in [0.2, 0.25) is 5.91 Å². The van der Waals surface area contributed by atoms with E-state index in [1.54, 1.807) is 29.2 Å². The molecule has 10 heteroatoms. The topological polar surface area (TPSA) is 119 Å². The van der Waals surface area contributed by atoms with Crippen molar-refractivity contribution in [3.05, 3.63) is 52.4 Å². The molecule has 2 aliphatic rings. The van der Waals surface area contributed by atoms with Gasteiger partial charge in [0.15, 0.2) is 0 Å². The van der Waals surface area contributed by atoms with Gasteiger partial charge in [0.1, 0.15) is 12.1 Å². The quantitative estimate of drug-likeness (QED) is 0.628. The van der Waals surface area contributed by atoms with Gasteiger partial charge in [-0.05, 0) is 30.0 Å². The van der Waals surface area contributed by atoms with Gasteiger partial charge in [0.25, 0.3) is 0 Å². The predicted molar refractivity (Wildman–Crippen MR) is 119 cm³/mol. The maximum Gasteiger partial charge on any atom is 0.404 e. The number of rotatable bonds is 5. The fraction of sp³-hybridized carbons (Fsp3) is 0.455. The van der Waals surface area contributed by atoms with Crippen LogP contribution in [-0.4, -0.2) is 69.8 Å². The number of nitrogens with one attached hydrogen (secondary N) is 1. The Balaban J connectivity index is 1.47. The number of nitrogens with zero attached hydrogens (tertiary/aromatic N) is 4. The number of carbonyl (C=O) groups is 2. The van der Waals surface area contributed by atoms with Crippen molar-refractivity contribution >= 4 is 29.4 Å². The van der Waals surface area contributed by atoms with Gasteiger partial charge in [0.05, 0.1) is 17.7 Å². The molecule has 0 radical (unpaired) electrons. The van der Waals surface area contributed by atoms with Crippen LogP contribution >= 0.6 is 11.6 Å². The molecule has 9 nitrogen and oxygen atoms in total. The normalized spacial score (nSPS) is 21.2. The van der Waals surface area contributed by atoms with Crippen LogP contribution in [0.25, 0.3) is 0 Å². The second-order valence-electron chi connectivity index (χ2n) is 8.25. The Hall–Kier alpha value is -2.91. The smallest absolute Gasteiger partial charge is 0.404 e. The molecule has 170 valence electrons. The fourth-order valence-electron chi connectivity index (χ4n) is 4.55. The van der Waals surface area contributed by atoms with E-state index in [0.717, 1.165) is 11.4 Å². The summed E-state index contributed by atoms with van der Waals surface area (Å²) in [6, 6.07) is 6.89. The molecule has 2 heterocycles. The van der Waals surface area contributed by atoms with Crippen LogP contribution in [0, 0.1) is 0 Å².